The van der Waals surface area contributed by atoms with Crippen molar-refractivity contribution in [2.24, 2.45) is 5.92 Å². The van der Waals surface area contributed by atoms with Gasteiger partial charge in [0.1, 0.15) is 0 Å². The summed E-state index contributed by atoms with van der Waals surface area (Å²) in [7, 11) is 0. The third-order valence-corrected chi connectivity index (χ3v) is 3.28. The first-order valence-corrected chi connectivity index (χ1v) is 6.08. The zero-order valence-electron chi connectivity index (χ0n) is 9.71. The van der Waals surface area contributed by atoms with Crippen LogP contribution in [0.25, 0.3) is 5.69 Å². The molecule has 17 heavy (non-hydrogen) atoms. The number of benzene rings is 1. The van der Waals surface area contributed by atoms with Crippen LogP contribution in [0.15, 0.2) is 36.7 Å². The van der Waals surface area contributed by atoms with Crippen molar-refractivity contribution in [3.05, 3.63) is 42.2 Å². The van der Waals surface area contributed by atoms with Gasteiger partial charge in [-0.2, -0.15) is 0 Å². The molecule has 0 bridgehead atoms. The first-order chi connectivity index (χ1) is 8.42. The van der Waals surface area contributed by atoms with Gasteiger partial charge < -0.3 is 5.32 Å². The third-order valence-electron chi connectivity index (χ3n) is 3.28. The van der Waals surface area contributed by atoms with E-state index in [9.17, 15) is 0 Å². The number of nitrogens with zero attached hydrogens (tertiary/aromatic N) is 3. The molecule has 1 aromatic carbocycles. The van der Waals surface area contributed by atoms with Gasteiger partial charge in [0.2, 0.25) is 0 Å². The van der Waals surface area contributed by atoms with Crippen LogP contribution in [0.5, 0.6) is 0 Å². The molecule has 0 spiro atoms. The van der Waals surface area contributed by atoms with Gasteiger partial charge in [-0.05, 0) is 49.5 Å². The second-order valence-electron chi connectivity index (χ2n) is 4.58. The maximum absolute atomic E-state index is 4.01. The number of nitrogens with one attached hydrogen (secondary N) is 1. The molecule has 0 aliphatic carbocycles. The van der Waals surface area contributed by atoms with E-state index in [0.29, 0.717) is 0 Å². The average Bonchev–Trinajstić information content (AvgIpc) is 3.01. The summed E-state index contributed by atoms with van der Waals surface area (Å²) < 4.78 is 1.80. The van der Waals surface area contributed by atoms with E-state index in [2.05, 4.69) is 39.9 Å². The Morgan fingerprint density at radius 1 is 1.41 bits per heavy atom. The van der Waals surface area contributed by atoms with E-state index >= 15 is 0 Å². The average molecular weight is 228 g/mol. The Labute approximate surface area is 101 Å². The zero-order valence-corrected chi connectivity index (χ0v) is 9.71. The molecular weight excluding hydrogens is 212 g/mol. The Bertz CT molecular complexity index is 472. The summed E-state index contributed by atoms with van der Waals surface area (Å²) in [5.41, 5.74) is 2.47. The number of aromatic nitrogens is 3. The van der Waals surface area contributed by atoms with Crippen LogP contribution in [-0.4, -0.2) is 28.1 Å². The van der Waals surface area contributed by atoms with Gasteiger partial charge >= 0.3 is 0 Å². The highest BCUT2D eigenvalue weighted by molar-refractivity contribution is 5.35. The number of rotatable bonds is 3. The highest BCUT2D eigenvalue weighted by Crippen LogP contribution is 2.17. The molecule has 1 aliphatic rings. The molecule has 1 atom stereocenters. The summed E-state index contributed by atoms with van der Waals surface area (Å²) in [5, 5.41) is 11.3. The topological polar surface area (TPSA) is 42.7 Å². The number of hydrogen-bond donors (Lipinski definition) is 1. The maximum atomic E-state index is 4.01. The Hall–Kier alpha value is -1.68. The fraction of sp³-hybridized carbons (Fsp3) is 0.385. The molecule has 1 saturated heterocycles. The van der Waals surface area contributed by atoms with Crippen molar-refractivity contribution in [2.75, 3.05) is 13.1 Å². The maximum Gasteiger partial charge on any atom is 0.0697 e. The minimum atomic E-state index is 0.779. The van der Waals surface area contributed by atoms with Gasteiger partial charge in [0.05, 0.1) is 18.1 Å². The lowest BCUT2D eigenvalue weighted by Gasteiger charge is -2.09. The predicted molar refractivity (Wildman–Crippen MR) is 66.0 cm³/mol. The van der Waals surface area contributed by atoms with Gasteiger partial charge in [0, 0.05) is 0 Å². The molecule has 1 fully saturated rings. The van der Waals surface area contributed by atoms with Crippen LogP contribution < -0.4 is 5.32 Å². The number of hydrogen-bond acceptors (Lipinski definition) is 3. The SMILES string of the molecule is c1cc(CC2CCNC2)cc(-n2ccnn2)c1. The molecule has 1 aliphatic heterocycles. The van der Waals surface area contributed by atoms with E-state index in [-0.39, 0.29) is 0 Å². The molecule has 1 unspecified atom stereocenters. The first kappa shape index (κ1) is 10.5. The second-order valence-corrected chi connectivity index (χ2v) is 4.58. The smallest absolute Gasteiger partial charge is 0.0697 e. The van der Waals surface area contributed by atoms with Crippen LogP contribution in [0, 0.1) is 5.92 Å². The summed E-state index contributed by atoms with van der Waals surface area (Å²) >= 11 is 0. The molecule has 0 radical (unpaired) electrons. The molecule has 3 rings (SSSR count). The van der Waals surface area contributed by atoms with E-state index in [1.54, 1.807) is 10.9 Å². The Kier molecular flexibility index (Phi) is 2.88. The molecule has 2 aromatic rings. The Balaban J connectivity index is 1.79. The highest BCUT2D eigenvalue weighted by atomic mass is 15.4. The molecule has 4 nitrogen and oxygen atoms in total. The van der Waals surface area contributed by atoms with Crippen molar-refractivity contribution < 1.29 is 0 Å². The van der Waals surface area contributed by atoms with E-state index in [4.69, 9.17) is 0 Å². The summed E-state index contributed by atoms with van der Waals surface area (Å²) in [5.74, 6) is 0.779. The van der Waals surface area contributed by atoms with Gasteiger partial charge in [-0.1, -0.05) is 17.3 Å². The largest absolute Gasteiger partial charge is 0.316 e. The van der Waals surface area contributed by atoms with Gasteiger partial charge in [0.25, 0.3) is 0 Å². The first-order valence-electron chi connectivity index (χ1n) is 6.08. The van der Waals surface area contributed by atoms with Crippen molar-refractivity contribution in [3.8, 4) is 5.69 Å². The van der Waals surface area contributed by atoms with E-state index < -0.39 is 0 Å². The zero-order chi connectivity index (χ0) is 11.5. The molecular formula is C13H16N4. The molecule has 4 heteroatoms. The van der Waals surface area contributed by atoms with Gasteiger partial charge in [-0.25, -0.2) is 4.68 Å². The Morgan fingerprint density at radius 3 is 3.18 bits per heavy atom. The lowest BCUT2D eigenvalue weighted by molar-refractivity contribution is 0.580. The van der Waals surface area contributed by atoms with E-state index in [0.717, 1.165) is 31.1 Å². The fourth-order valence-corrected chi connectivity index (χ4v) is 2.39. The van der Waals surface area contributed by atoms with E-state index in [1.807, 2.05) is 6.20 Å². The minimum absolute atomic E-state index is 0.779. The van der Waals surface area contributed by atoms with Gasteiger partial charge in [-0.3, -0.25) is 0 Å². The van der Waals surface area contributed by atoms with Crippen LogP contribution in [0.2, 0.25) is 0 Å². The predicted octanol–water partition coefficient (Wildman–Crippen LogP) is 1.42. The Morgan fingerprint density at radius 2 is 2.41 bits per heavy atom. The van der Waals surface area contributed by atoms with Crippen molar-refractivity contribution in [2.45, 2.75) is 12.8 Å². The summed E-state index contributed by atoms with van der Waals surface area (Å²) in [6.45, 7) is 2.31. The summed E-state index contributed by atoms with van der Waals surface area (Å²) in [4.78, 5) is 0. The molecule has 1 N–H and O–H groups in total. The molecule has 2 heterocycles. The van der Waals surface area contributed by atoms with Gasteiger partial charge in [0.15, 0.2) is 0 Å². The van der Waals surface area contributed by atoms with Crippen molar-refractivity contribution >= 4 is 0 Å². The van der Waals surface area contributed by atoms with Gasteiger partial charge in [-0.15, -0.1) is 5.10 Å². The lowest BCUT2D eigenvalue weighted by Crippen LogP contribution is -2.10. The van der Waals surface area contributed by atoms with Crippen LogP contribution in [0.1, 0.15) is 12.0 Å². The fourth-order valence-electron chi connectivity index (χ4n) is 2.39. The van der Waals surface area contributed by atoms with Crippen molar-refractivity contribution in [3.63, 3.8) is 0 Å². The molecule has 88 valence electrons. The van der Waals surface area contributed by atoms with Crippen molar-refractivity contribution in [1.82, 2.24) is 20.3 Å². The lowest BCUT2D eigenvalue weighted by atomic mass is 9.98. The van der Waals surface area contributed by atoms with Crippen LogP contribution >= 0.6 is 0 Å². The molecule has 0 amide bonds. The quantitative estimate of drug-likeness (QED) is 0.864. The van der Waals surface area contributed by atoms with Crippen LogP contribution in [-0.2, 0) is 6.42 Å². The van der Waals surface area contributed by atoms with Crippen LogP contribution in [0.3, 0.4) is 0 Å². The molecule has 1 aromatic heterocycles. The van der Waals surface area contributed by atoms with E-state index in [1.165, 1.54) is 12.0 Å². The highest BCUT2D eigenvalue weighted by Gasteiger charge is 2.14. The minimum Gasteiger partial charge on any atom is -0.316 e. The monoisotopic (exact) mass is 228 g/mol. The summed E-state index contributed by atoms with van der Waals surface area (Å²) in [6.07, 6.45) is 6.01. The third kappa shape index (κ3) is 2.36. The normalized spacial score (nSPS) is 19.6. The molecule has 0 saturated carbocycles. The van der Waals surface area contributed by atoms with Crippen molar-refractivity contribution in [1.29, 1.82) is 0 Å². The van der Waals surface area contributed by atoms with Crippen LogP contribution in [0.4, 0.5) is 0 Å². The summed E-state index contributed by atoms with van der Waals surface area (Å²) in [6, 6.07) is 8.55. The standard InChI is InChI=1S/C13H16N4/c1-2-11(8-12-4-5-14-10-12)9-13(3-1)17-7-6-15-16-17/h1-3,6-7,9,12,14H,4-5,8,10H2. The second kappa shape index (κ2) is 4.67.